The standard InChI is InChI=1S/C22H28N2O4/c1-5-21(25)24(15-18-8-12-20(28-4)13-9-18)16(2)22(26)23-14-17-6-10-19(27-3)11-7-17/h6-13,16H,5,14-15H2,1-4H3,(H,23,26)/t16-/m0/s1. The average Bonchev–Trinajstić information content (AvgIpc) is 2.75. The molecule has 2 aromatic carbocycles. The van der Waals surface area contributed by atoms with Crippen molar-refractivity contribution in [1.82, 2.24) is 10.2 Å². The fourth-order valence-electron chi connectivity index (χ4n) is 2.79. The minimum atomic E-state index is -0.576. The highest BCUT2D eigenvalue weighted by molar-refractivity contribution is 5.87. The Labute approximate surface area is 166 Å². The van der Waals surface area contributed by atoms with Crippen LogP contribution < -0.4 is 14.8 Å². The Morgan fingerprint density at radius 2 is 1.43 bits per heavy atom. The molecule has 1 atom stereocenters. The highest BCUT2D eigenvalue weighted by Gasteiger charge is 2.25. The lowest BCUT2D eigenvalue weighted by molar-refractivity contribution is -0.140. The molecule has 2 amide bonds. The summed E-state index contributed by atoms with van der Waals surface area (Å²) in [4.78, 5) is 26.7. The average molecular weight is 384 g/mol. The van der Waals surface area contributed by atoms with E-state index in [1.54, 1.807) is 33.0 Å². The van der Waals surface area contributed by atoms with E-state index in [4.69, 9.17) is 9.47 Å². The first kappa shape index (κ1) is 21.3. The van der Waals surface area contributed by atoms with Gasteiger partial charge in [0.05, 0.1) is 14.2 Å². The number of amides is 2. The number of carbonyl (C=O) groups is 2. The zero-order valence-corrected chi connectivity index (χ0v) is 16.9. The summed E-state index contributed by atoms with van der Waals surface area (Å²) in [6.07, 6.45) is 0.340. The molecule has 0 saturated carbocycles. The van der Waals surface area contributed by atoms with E-state index in [9.17, 15) is 9.59 Å². The largest absolute Gasteiger partial charge is 0.497 e. The zero-order valence-electron chi connectivity index (χ0n) is 16.9. The molecule has 0 radical (unpaired) electrons. The molecular formula is C22H28N2O4. The van der Waals surface area contributed by atoms with Gasteiger partial charge in [-0.15, -0.1) is 0 Å². The maximum atomic E-state index is 12.6. The van der Waals surface area contributed by atoms with Crippen molar-refractivity contribution in [2.45, 2.75) is 39.4 Å². The number of benzene rings is 2. The SMILES string of the molecule is CCC(=O)N(Cc1ccc(OC)cc1)[C@@H](C)C(=O)NCc1ccc(OC)cc1. The first-order valence-corrected chi connectivity index (χ1v) is 9.31. The van der Waals surface area contributed by atoms with Gasteiger partial charge >= 0.3 is 0 Å². The molecule has 6 heteroatoms. The van der Waals surface area contributed by atoms with Gasteiger partial charge in [-0.05, 0) is 42.3 Å². The predicted molar refractivity (Wildman–Crippen MR) is 108 cm³/mol. The molecule has 0 aliphatic rings. The van der Waals surface area contributed by atoms with Crippen LogP contribution in [0.5, 0.6) is 11.5 Å². The first-order chi connectivity index (χ1) is 13.5. The van der Waals surface area contributed by atoms with Gasteiger partial charge < -0.3 is 19.7 Å². The van der Waals surface area contributed by atoms with Gasteiger partial charge in [-0.2, -0.15) is 0 Å². The molecule has 0 bridgehead atoms. The highest BCUT2D eigenvalue weighted by Crippen LogP contribution is 2.16. The predicted octanol–water partition coefficient (Wildman–Crippen LogP) is 3.15. The molecule has 6 nitrogen and oxygen atoms in total. The molecule has 0 aromatic heterocycles. The maximum absolute atomic E-state index is 12.6. The molecule has 0 aliphatic carbocycles. The third-order valence-corrected chi connectivity index (χ3v) is 4.61. The lowest BCUT2D eigenvalue weighted by Gasteiger charge is -2.28. The number of carbonyl (C=O) groups excluding carboxylic acids is 2. The summed E-state index contributed by atoms with van der Waals surface area (Å²) >= 11 is 0. The molecule has 150 valence electrons. The van der Waals surface area contributed by atoms with Crippen LogP contribution in [0.15, 0.2) is 48.5 Å². The molecule has 28 heavy (non-hydrogen) atoms. The normalized spacial score (nSPS) is 11.4. The molecule has 0 spiro atoms. The van der Waals surface area contributed by atoms with E-state index in [0.29, 0.717) is 19.5 Å². The van der Waals surface area contributed by atoms with Crippen molar-refractivity contribution in [2.75, 3.05) is 14.2 Å². The van der Waals surface area contributed by atoms with Crippen LogP contribution in [0.4, 0.5) is 0 Å². The van der Waals surface area contributed by atoms with Gasteiger partial charge in [0.1, 0.15) is 17.5 Å². The van der Waals surface area contributed by atoms with Crippen molar-refractivity contribution in [3.63, 3.8) is 0 Å². The number of nitrogens with one attached hydrogen (secondary N) is 1. The lowest BCUT2D eigenvalue weighted by Crippen LogP contribution is -2.47. The Hall–Kier alpha value is -3.02. The number of hydrogen-bond donors (Lipinski definition) is 1. The third-order valence-electron chi connectivity index (χ3n) is 4.61. The van der Waals surface area contributed by atoms with Crippen molar-refractivity contribution in [3.8, 4) is 11.5 Å². The molecule has 0 saturated heterocycles. The Kier molecular flexibility index (Phi) is 7.87. The number of methoxy groups -OCH3 is 2. The van der Waals surface area contributed by atoms with Gasteiger partial charge in [-0.25, -0.2) is 0 Å². The van der Waals surface area contributed by atoms with Crippen LogP contribution >= 0.6 is 0 Å². The Morgan fingerprint density at radius 1 is 0.929 bits per heavy atom. The van der Waals surface area contributed by atoms with E-state index in [0.717, 1.165) is 22.6 Å². The smallest absolute Gasteiger partial charge is 0.242 e. The van der Waals surface area contributed by atoms with E-state index in [2.05, 4.69) is 5.32 Å². The van der Waals surface area contributed by atoms with Gasteiger partial charge in [0.15, 0.2) is 0 Å². The van der Waals surface area contributed by atoms with Crippen LogP contribution in [0.3, 0.4) is 0 Å². The second-order valence-electron chi connectivity index (χ2n) is 6.47. The monoisotopic (exact) mass is 384 g/mol. The summed E-state index contributed by atoms with van der Waals surface area (Å²) < 4.78 is 10.3. The summed E-state index contributed by atoms with van der Waals surface area (Å²) in [6.45, 7) is 4.31. The number of nitrogens with zero attached hydrogens (tertiary/aromatic N) is 1. The third kappa shape index (κ3) is 5.74. The van der Waals surface area contributed by atoms with Gasteiger partial charge in [-0.3, -0.25) is 9.59 Å². The van der Waals surface area contributed by atoms with Gasteiger partial charge in [0.2, 0.25) is 11.8 Å². The summed E-state index contributed by atoms with van der Waals surface area (Å²) in [5, 5.41) is 2.91. The second kappa shape index (κ2) is 10.3. The van der Waals surface area contributed by atoms with Gasteiger partial charge in [-0.1, -0.05) is 31.2 Å². The highest BCUT2D eigenvalue weighted by atomic mass is 16.5. The fourth-order valence-corrected chi connectivity index (χ4v) is 2.79. The molecule has 2 aromatic rings. The summed E-state index contributed by atoms with van der Waals surface area (Å²) in [5.74, 6) is 1.26. The van der Waals surface area contributed by atoms with E-state index in [-0.39, 0.29) is 11.8 Å². The Morgan fingerprint density at radius 3 is 1.89 bits per heavy atom. The molecule has 0 unspecified atom stereocenters. The fraction of sp³-hybridized carbons (Fsp3) is 0.364. The number of ether oxygens (including phenoxy) is 2. The summed E-state index contributed by atoms with van der Waals surface area (Å²) in [6, 6.07) is 14.4. The van der Waals surface area contributed by atoms with Crippen molar-refractivity contribution in [3.05, 3.63) is 59.7 Å². The van der Waals surface area contributed by atoms with Crippen LogP contribution in [0.25, 0.3) is 0 Å². The van der Waals surface area contributed by atoms with Gasteiger partial charge in [0.25, 0.3) is 0 Å². The van der Waals surface area contributed by atoms with Crippen molar-refractivity contribution < 1.29 is 19.1 Å². The van der Waals surface area contributed by atoms with Crippen molar-refractivity contribution >= 4 is 11.8 Å². The van der Waals surface area contributed by atoms with Crippen molar-refractivity contribution in [2.24, 2.45) is 0 Å². The lowest BCUT2D eigenvalue weighted by atomic mass is 10.1. The van der Waals surface area contributed by atoms with Crippen LogP contribution in [-0.4, -0.2) is 37.0 Å². The molecular weight excluding hydrogens is 356 g/mol. The molecule has 0 fully saturated rings. The minimum absolute atomic E-state index is 0.0667. The molecule has 2 rings (SSSR count). The zero-order chi connectivity index (χ0) is 20.5. The number of rotatable bonds is 9. The summed E-state index contributed by atoms with van der Waals surface area (Å²) in [7, 11) is 3.22. The van der Waals surface area contributed by atoms with Crippen LogP contribution in [-0.2, 0) is 22.7 Å². The van der Waals surface area contributed by atoms with Gasteiger partial charge in [0, 0.05) is 19.5 Å². The van der Waals surface area contributed by atoms with Crippen LogP contribution in [0.2, 0.25) is 0 Å². The van der Waals surface area contributed by atoms with E-state index in [1.165, 1.54) is 0 Å². The first-order valence-electron chi connectivity index (χ1n) is 9.31. The number of hydrogen-bond acceptors (Lipinski definition) is 4. The minimum Gasteiger partial charge on any atom is -0.497 e. The van der Waals surface area contributed by atoms with Crippen LogP contribution in [0, 0.1) is 0 Å². The maximum Gasteiger partial charge on any atom is 0.242 e. The Bertz CT molecular complexity index is 772. The molecule has 0 heterocycles. The quantitative estimate of drug-likeness (QED) is 0.721. The topological polar surface area (TPSA) is 67.9 Å². The van der Waals surface area contributed by atoms with Crippen molar-refractivity contribution in [1.29, 1.82) is 0 Å². The van der Waals surface area contributed by atoms with E-state index < -0.39 is 6.04 Å². The summed E-state index contributed by atoms with van der Waals surface area (Å²) in [5.41, 5.74) is 1.90. The van der Waals surface area contributed by atoms with E-state index in [1.807, 2.05) is 48.5 Å². The van der Waals surface area contributed by atoms with E-state index >= 15 is 0 Å². The Balaban J connectivity index is 2.02. The molecule has 0 aliphatic heterocycles. The van der Waals surface area contributed by atoms with Crippen LogP contribution in [0.1, 0.15) is 31.4 Å². The second-order valence-corrected chi connectivity index (χ2v) is 6.47. The molecule has 1 N–H and O–H groups in total.